The van der Waals surface area contributed by atoms with Crippen LogP contribution in [0.15, 0.2) is 22.8 Å². The fraction of sp³-hybridized carbons (Fsp3) is 0.615. The minimum atomic E-state index is -3.23. The van der Waals surface area contributed by atoms with Crippen molar-refractivity contribution in [3.05, 3.63) is 24.2 Å². The lowest BCUT2D eigenvalue weighted by Gasteiger charge is -2.17. The van der Waals surface area contributed by atoms with Crippen molar-refractivity contribution in [2.24, 2.45) is 11.8 Å². The summed E-state index contributed by atoms with van der Waals surface area (Å²) in [5.74, 6) is 0.185. The molecule has 2 aliphatic rings. The molecule has 0 saturated carbocycles. The molecule has 0 aromatic carbocycles. The molecule has 0 radical (unpaired) electrons. The van der Waals surface area contributed by atoms with Gasteiger partial charge in [-0.1, -0.05) is 0 Å². The third-order valence-electron chi connectivity index (χ3n) is 4.10. The molecule has 1 aromatic rings. The first kappa shape index (κ1) is 14.6. The zero-order chi connectivity index (χ0) is 15.0. The number of carbonyl (C=O) groups excluding carboxylic acids is 1. The van der Waals surface area contributed by atoms with E-state index in [9.17, 15) is 13.2 Å². The molecular weight excluding hydrogens is 296 g/mol. The molecule has 1 N–H and O–H groups in total. The van der Waals surface area contributed by atoms with Crippen molar-refractivity contribution in [2.75, 3.05) is 26.0 Å². The number of hydrogen-bond donors (Lipinski definition) is 1. The van der Waals surface area contributed by atoms with E-state index in [0.29, 0.717) is 32.0 Å². The lowest BCUT2D eigenvalue weighted by Crippen LogP contribution is -2.37. The van der Waals surface area contributed by atoms with E-state index in [2.05, 4.69) is 5.32 Å². The number of nitrogens with one attached hydrogen (secondary N) is 1. The number of carbonyl (C=O) groups is 1. The maximum atomic E-state index is 12.2. The second kappa shape index (κ2) is 5.43. The van der Waals surface area contributed by atoms with Gasteiger partial charge in [-0.25, -0.2) is 8.42 Å². The summed E-state index contributed by atoms with van der Waals surface area (Å²) >= 11 is 0. The number of nitrogens with zero attached hydrogens (tertiary/aromatic N) is 1. The lowest BCUT2D eigenvalue weighted by molar-refractivity contribution is -0.126. The maximum absolute atomic E-state index is 12.2. The molecule has 3 rings (SSSR count). The zero-order valence-corrected chi connectivity index (χ0v) is 12.5. The fourth-order valence-electron chi connectivity index (χ4n) is 2.94. The molecule has 7 nitrogen and oxygen atoms in total. The van der Waals surface area contributed by atoms with Crippen LogP contribution in [0.4, 0.5) is 0 Å². The molecule has 0 aliphatic carbocycles. The minimum absolute atomic E-state index is 0.0728. The summed E-state index contributed by atoms with van der Waals surface area (Å²) in [6.45, 7) is 1.36. The Morgan fingerprint density at radius 1 is 1.48 bits per heavy atom. The van der Waals surface area contributed by atoms with Crippen molar-refractivity contribution < 1.29 is 22.4 Å². The first-order chi connectivity index (χ1) is 9.95. The molecule has 2 saturated heterocycles. The summed E-state index contributed by atoms with van der Waals surface area (Å²) in [4.78, 5) is 12.2. The number of rotatable bonds is 4. The van der Waals surface area contributed by atoms with Gasteiger partial charge in [-0.3, -0.25) is 4.79 Å². The summed E-state index contributed by atoms with van der Waals surface area (Å²) in [5, 5.41) is 2.81. The summed E-state index contributed by atoms with van der Waals surface area (Å²) in [5.41, 5.74) is 0. The van der Waals surface area contributed by atoms with E-state index in [1.807, 2.05) is 0 Å². The Hall–Kier alpha value is -1.38. The van der Waals surface area contributed by atoms with Gasteiger partial charge in [0.2, 0.25) is 15.9 Å². The molecule has 8 heteroatoms. The molecule has 2 fully saturated rings. The van der Waals surface area contributed by atoms with Gasteiger partial charge in [-0.2, -0.15) is 4.31 Å². The Morgan fingerprint density at radius 3 is 2.95 bits per heavy atom. The Balaban J connectivity index is 1.60. The predicted molar refractivity (Wildman–Crippen MR) is 73.7 cm³/mol. The van der Waals surface area contributed by atoms with Crippen LogP contribution in [0.2, 0.25) is 0 Å². The molecule has 116 valence electrons. The van der Waals surface area contributed by atoms with Crippen molar-refractivity contribution in [3.8, 4) is 0 Å². The average Bonchev–Trinajstić information content (AvgIpc) is 3.10. The van der Waals surface area contributed by atoms with E-state index in [0.717, 1.165) is 0 Å². The van der Waals surface area contributed by atoms with E-state index in [1.165, 1.54) is 10.6 Å². The highest BCUT2D eigenvalue weighted by atomic mass is 32.2. The Kier molecular flexibility index (Phi) is 3.76. The topological polar surface area (TPSA) is 88.9 Å². The molecule has 3 atom stereocenters. The predicted octanol–water partition coefficient (Wildman–Crippen LogP) is -0.198. The van der Waals surface area contributed by atoms with Gasteiger partial charge in [0.15, 0.2) is 0 Å². The van der Waals surface area contributed by atoms with Gasteiger partial charge < -0.3 is 14.5 Å². The van der Waals surface area contributed by atoms with Crippen molar-refractivity contribution >= 4 is 15.9 Å². The second-order valence-corrected chi connectivity index (χ2v) is 7.50. The van der Waals surface area contributed by atoms with E-state index in [4.69, 9.17) is 9.15 Å². The molecule has 21 heavy (non-hydrogen) atoms. The summed E-state index contributed by atoms with van der Waals surface area (Å²) in [7, 11) is -3.23. The molecule has 0 spiro atoms. The Labute approximate surface area is 123 Å². The largest absolute Gasteiger partial charge is 0.467 e. The lowest BCUT2D eigenvalue weighted by atomic mass is 9.92. The molecule has 0 unspecified atom stereocenters. The van der Waals surface area contributed by atoms with Crippen molar-refractivity contribution in [3.63, 3.8) is 0 Å². The van der Waals surface area contributed by atoms with Crippen molar-refractivity contribution in [1.29, 1.82) is 0 Å². The highest BCUT2D eigenvalue weighted by molar-refractivity contribution is 7.88. The van der Waals surface area contributed by atoms with Crippen molar-refractivity contribution in [2.45, 2.75) is 12.6 Å². The van der Waals surface area contributed by atoms with Crippen LogP contribution in [-0.2, 0) is 26.1 Å². The van der Waals surface area contributed by atoms with E-state index >= 15 is 0 Å². The number of amides is 1. The highest BCUT2D eigenvalue weighted by Gasteiger charge is 2.48. The number of sulfonamides is 1. The third-order valence-corrected chi connectivity index (χ3v) is 5.34. The van der Waals surface area contributed by atoms with Crippen LogP contribution in [0.1, 0.15) is 5.76 Å². The summed E-state index contributed by atoms with van der Waals surface area (Å²) in [6, 6.07) is 3.55. The van der Waals surface area contributed by atoms with Gasteiger partial charge in [0.1, 0.15) is 5.76 Å². The minimum Gasteiger partial charge on any atom is -0.467 e. The molecule has 3 heterocycles. The summed E-state index contributed by atoms with van der Waals surface area (Å²) in [6.07, 6.45) is 2.55. The first-order valence-corrected chi connectivity index (χ1v) is 8.67. The number of hydrogen-bond acceptors (Lipinski definition) is 5. The Morgan fingerprint density at radius 2 is 2.29 bits per heavy atom. The van der Waals surface area contributed by atoms with Gasteiger partial charge in [0.25, 0.3) is 0 Å². The van der Waals surface area contributed by atoms with Crippen LogP contribution in [-0.4, -0.2) is 50.7 Å². The van der Waals surface area contributed by atoms with Gasteiger partial charge in [-0.15, -0.1) is 0 Å². The molecule has 1 aromatic heterocycles. The van der Waals surface area contributed by atoms with Crippen LogP contribution in [0.3, 0.4) is 0 Å². The SMILES string of the molecule is CS(=O)(=O)N1C[C@@H]2[C@@H](C(=O)NCc3ccco3)CO[C@@H]2C1. The van der Waals surface area contributed by atoms with Gasteiger partial charge in [-0.05, 0) is 12.1 Å². The smallest absolute Gasteiger partial charge is 0.226 e. The fourth-order valence-corrected chi connectivity index (χ4v) is 3.80. The van der Waals surface area contributed by atoms with Crippen LogP contribution in [0.25, 0.3) is 0 Å². The monoisotopic (exact) mass is 314 g/mol. The van der Waals surface area contributed by atoms with Crippen LogP contribution in [0.5, 0.6) is 0 Å². The van der Waals surface area contributed by atoms with Gasteiger partial charge in [0.05, 0.1) is 37.7 Å². The molecule has 1 amide bonds. The quantitative estimate of drug-likeness (QED) is 0.831. The molecule has 0 bridgehead atoms. The molecular formula is C13H18N2O5S. The van der Waals surface area contributed by atoms with Crippen LogP contribution < -0.4 is 5.32 Å². The summed E-state index contributed by atoms with van der Waals surface area (Å²) < 4.78 is 35.3. The van der Waals surface area contributed by atoms with Crippen molar-refractivity contribution in [1.82, 2.24) is 9.62 Å². The van der Waals surface area contributed by atoms with E-state index in [1.54, 1.807) is 18.4 Å². The first-order valence-electron chi connectivity index (χ1n) is 6.82. The zero-order valence-electron chi connectivity index (χ0n) is 11.7. The van der Waals surface area contributed by atoms with Gasteiger partial charge in [0, 0.05) is 19.0 Å². The standard InChI is InChI=1S/C13H18N2O5S/c1-21(17,18)15-6-10-11(8-20-12(10)7-15)13(16)14-5-9-3-2-4-19-9/h2-4,10-12H,5-8H2,1H3,(H,14,16)/t10-,11+,12-/m1/s1. The maximum Gasteiger partial charge on any atom is 0.226 e. The number of fused-ring (bicyclic) bond motifs is 1. The van der Waals surface area contributed by atoms with Gasteiger partial charge >= 0.3 is 0 Å². The number of furan rings is 1. The third kappa shape index (κ3) is 2.97. The van der Waals surface area contributed by atoms with Crippen LogP contribution >= 0.6 is 0 Å². The second-order valence-electron chi connectivity index (χ2n) is 5.52. The van der Waals surface area contributed by atoms with E-state index < -0.39 is 10.0 Å². The van der Waals surface area contributed by atoms with E-state index in [-0.39, 0.29) is 23.8 Å². The average molecular weight is 314 g/mol. The van der Waals surface area contributed by atoms with Crippen LogP contribution in [0, 0.1) is 11.8 Å². The number of ether oxygens (including phenoxy) is 1. The Bertz CT molecular complexity index is 613. The molecule has 2 aliphatic heterocycles. The normalized spacial score (nSPS) is 29.5. The highest BCUT2D eigenvalue weighted by Crippen LogP contribution is 2.34.